The molecule has 1 atom stereocenters. The quantitative estimate of drug-likeness (QED) is 0.522. The largest absolute Gasteiger partial charge is 0.469 e. The van der Waals surface area contributed by atoms with E-state index < -0.39 is 11.7 Å². The standard InChI is InChI=1S/C16H22FNO2/c1-20-16(19)14(11-7-4-2-3-5-8-11)12-9-6-10-13(17)15(12)18/h6,9-11,14H,2-5,7-8,18H2,1H3. The molecule has 0 aliphatic heterocycles. The van der Waals surface area contributed by atoms with Crippen LogP contribution in [-0.2, 0) is 9.53 Å². The number of halogens is 1. The molecule has 0 spiro atoms. The summed E-state index contributed by atoms with van der Waals surface area (Å²) in [6.45, 7) is 0. The van der Waals surface area contributed by atoms with Gasteiger partial charge in [-0.1, -0.05) is 37.8 Å². The number of methoxy groups -OCH3 is 1. The van der Waals surface area contributed by atoms with E-state index in [1.54, 1.807) is 12.1 Å². The van der Waals surface area contributed by atoms with Crippen molar-refractivity contribution in [1.82, 2.24) is 0 Å². The number of nitrogens with two attached hydrogens (primary N) is 1. The fraction of sp³-hybridized carbons (Fsp3) is 0.562. The van der Waals surface area contributed by atoms with Crippen molar-refractivity contribution in [1.29, 1.82) is 0 Å². The van der Waals surface area contributed by atoms with Crippen LogP contribution in [0, 0.1) is 11.7 Å². The van der Waals surface area contributed by atoms with Crippen LogP contribution in [0.15, 0.2) is 18.2 Å². The molecule has 1 aliphatic carbocycles. The molecule has 20 heavy (non-hydrogen) atoms. The van der Waals surface area contributed by atoms with Crippen LogP contribution in [0.2, 0.25) is 0 Å². The second-order valence-corrected chi connectivity index (χ2v) is 5.50. The van der Waals surface area contributed by atoms with E-state index in [9.17, 15) is 9.18 Å². The summed E-state index contributed by atoms with van der Waals surface area (Å²) in [5, 5.41) is 0. The third kappa shape index (κ3) is 3.11. The molecule has 1 aromatic rings. The number of ether oxygens (including phenoxy) is 1. The number of nitrogen functional groups attached to an aromatic ring is 1. The second-order valence-electron chi connectivity index (χ2n) is 5.50. The van der Waals surface area contributed by atoms with E-state index in [2.05, 4.69) is 0 Å². The molecule has 1 fully saturated rings. The van der Waals surface area contributed by atoms with Crippen molar-refractivity contribution >= 4 is 11.7 Å². The average molecular weight is 279 g/mol. The van der Waals surface area contributed by atoms with E-state index in [4.69, 9.17) is 10.5 Å². The van der Waals surface area contributed by atoms with Crippen molar-refractivity contribution < 1.29 is 13.9 Å². The predicted molar refractivity (Wildman–Crippen MR) is 76.8 cm³/mol. The third-order valence-electron chi connectivity index (χ3n) is 4.25. The lowest BCUT2D eigenvalue weighted by molar-refractivity contribution is -0.144. The Bertz CT molecular complexity index is 468. The van der Waals surface area contributed by atoms with Crippen molar-refractivity contribution in [2.45, 2.75) is 44.4 Å². The highest BCUT2D eigenvalue weighted by molar-refractivity contribution is 5.80. The van der Waals surface area contributed by atoms with Crippen molar-refractivity contribution in [3.63, 3.8) is 0 Å². The van der Waals surface area contributed by atoms with Gasteiger partial charge in [0.1, 0.15) is 5.82 Å². The van der Waals surface area contributed by atoms with Crippen LogP contribution in [0.3, 0.4) is 0 Å². The number of rotatable bonds is 3. The van der Waals surface area contributed by atoms with Crippen LogP contribution in [0.4, 0.5) is 10.1 Å². The number of anilines is 1. The molecular formula is C16H22FNO2. The minimum absolute atomic E-state index is 0.0761. The SMILES string of the molecule is COC(=O)C(c1cccc(F)c1N)C1CCCCCC1. The van der Waals surface area contributed by atoms with Gasteiger partial charge in [0.2, 0.25) is 0 Å². The number of carbonyl (C=O) groups is 1. The highest BCUT2D eigenvalue weighted by atomic mass is 19.1. The molecule has 0 heterocycles. The highest BCUT2D eigenvalue weighted by Gasteiger charge is 2.33. The molecule has 0 amide bonds. The molecule has 1 aliphatic rings. The van der Waals surface area contributed by atoms with Gasteiger partial charge in [0.25, 0.3) is 0 Å². The monoisotopic (exact) mass is 279 g/mol. The Kier molecular flexibility index (Phi) is 4.99. The first-order chi connectivity index (χ1) is 9.65. The van der Waals surface area contributed by atoms with E-state index in [-0.39, 0.29) is 17.6 Å². The van der Waals surface area contributed by atoms with Crippen molar-refractivity contribution in [2.75, 3.05) is 12.8 Å². The Labute approximate surface area is 119 Å². The number of esters is 1. The predicted octanol–water partition coefficient (Wildman–Crippen LogP) is 3.63. The van der Waals surface area contributed by atoms with Gasteiger partial charge in [0.05, 0.1) is 18.7 Å². The van der Waals surface area contributed by atoms with Crippen molar-refractivity contribution in [2.24, 2.45) is 5.92 Å². The number of benzene rings is 1. The molecular weight excluding hydrogens is 257 g/mol. The molecule has 1 saturated carbocycles. The molecule has 4 heteroatoms. The maximum absolute atomic E-state index is 13.7. The molecule has 0 bridgehead atoms. The van der Waals surface area contributed by atoms with Gasteiger partial charge in [-0.2, -0.15) is 0 Å². The minimum Gasteiger partial charge on any atom is -0.469 e. The molecule has 1 unspecified atom stereocenters. The zero-order valence-corrected chi connectivity index (χ0v) is 11.9. The summed E-state index contributed by atoms with van der Waals surface area (Å²) < 4.78 is 18.6. The van der Waals surface area contributed by atoms with Gasteiger partial charge < -0.3 is 10.5 Å². The molecule has 0 saturated heterocycles. The lowest BCUT2D eigenvalue weighted by Crippen LogP contribution is -2.24. The van der Waals surface area contributed by atoms with Crippen molar-refractivity contribution in [3.05, 3.63) is 29.6 Å². The van der Waals surface area contributed by atoms with Gasteiger partial charge in [0, 0.05) is 0 Å². The van der Waals surface area contributed by atoms with Crippen LogP contribution < -0.4 is 5.73 Å². The Morgan fingerprint density at radius 2 is 1.95 bits per heavy atom. The number of para-hydroxylation sites is 1. The fourth-order valence-electron chi connectivity index (χ4n) is 3.17. The van der Waals surface area contributed by atoms with Crippen LogP contribution in [-0.4, -0.2) is 13.1 Å². The number of hydrogen-bond acceptors (Lipinski definition) is 3. The smallest absolute Gasteiger partial charge is 0.313 e. The summed E-state index contributed by atoms with van der Waals surface area (Å²) >= 11 is 0. The molecule has 2 N–H and O–H groups in total. The molecule has 1 aromatic carbocycles. The van der Waals surface area contributed by atoms with Crippen LogP contribution in [0.25, 0.3) is 0 Å². The summed E-state index contributed by atoms with van der Waals surface area (Å²) in [6, 6.07) is 4.67. The summed E-state index contributed by atoms with van der Waals surface area (Å²) in [7, 11) is 1.38. The molecule has 110 valence electrons. The van der Waals surface area contributed by atoms with Crippen LogP contribution in [0.5, 0.6) is 0 Å². The summed E-state index contributed by atoms with van der Waals surface area (Å²) in [6.07, 6.45) is 6.54. The number of hydrogen-bond donors (Lipinski definition) is 1. The maximum atomic E-state index is 13.7. The zero-order chi connectivity index (χ0) is 14.5. The fourth-order valence-corrected chi connectivity index (χ4v) is 3.17. The van der Waals surface area contributed by atoms with Crippen LogP contribution >= 0.6 is 0 Å². The Balaban J connectivity index is 2.36. The van der Waals surface area contributed by atoms with E-state index in [0.29, 0.717) is 5.56 Å². The van der Waals surface area contributed by atoms with E-state index in [0.717, 1.165) is 25.7 Å². The molecule has 0 radical (unpaired) electrons. The first kappa shape index (κ1) is 14.8. The summed E-state index contributed by atoms with van der Waals surface area (Å²) in [5.74, 6) is -1.04. The molecule has 0 aromatic heterocycles. The first-order valence-electron chi connectivity index (χ1n) is 7.27. The van der Waals surface area contributed by atoms with Crippen LogP contribution in [0.1, 0.15) is 50.0 Å². The van der Waals surface area contributed by atoms with Gasteiger partial charge in [-0.3, -0.25) is 4.79 Å². The lowest BCUT2D eigenvalue weighted by Gasteiger charge is -2.25. The lowest BCUT2D eigenvalue weighted by atomic mass is 9.80. The zero-order valence-electron chi connectivity index (χ0n) is 11.9. The Hall–Kier alpha value is -1.58. The summed E-state index contributed by atoms with van der Waals surface area (Å²) in [5.41, 5.74) is 6.49. The Morgan fingerprint density at radius 3 is 2.55 bits per heavy atom. The van der Waals surface area contributed by atoms with Gasteiger partial charge in [-0.15, -0.1) is 0 Å². The average Bonchev–Trinajstić information content (AvgIpc) is 2.72. The van der Waals surface area contributed by atoms with E-state index >= 15 is 0 Å². The minimum atomic E-state index is -0.468. The van der Waals surface area contributed by atoms with Gasteiger partial charge in [0.15, 0.2) is 0 Å². The van der Waals surface area contributed by atoms with E-state index in [1.807, 2.05) is 0 Å². The normalized spacial score (nSPS) is 18.3. The Morgan fingerprint density at radius 1 is 1.30 bits per heavy atom. The topological polar surface area (TPSA) is 52.3 Å². The molecule has 2 rings (SSSR count). The second kappa shape index (κ2) is 6.73. The number of carbonyl (C=O) groups excluding carboxylic acids is 1. The maximum Gasteiger partial charge on any atom is 0.313 e. The van der Waals surface area contributed by atoms with Gasteiger partial charge in [-0.05, 0) is 30.4 Å². The first-order valence-corrected chi connectivity index (χ1v) is 7.27. The molecule has 3 nitrogen and oxygen atoms in total. The van der Waals surface area contributed by atoms with E-state index in [1.165, 1.54) is 26.0 Å². The van der Waals surface area contributed by atoms with Gasteiger partial charge in [-0.25, -0.2) is 4.39 Å². The van der Waals surface area contributed by atoms with Crippen molar-refractivity contribution in [3.8, 4) is 0 Å². The van der Waals surface area contributed by atoms with Gasteiger partial charge >= 0.3 is 5.97 Å². The third-order valence-corrected chi connectivity index (χ3v) is 4.25. The summed E-state index contributed by atoms with van der Waals surface area (Å²) in [4.78, 5) is 12.2. The highest BCUT2D eigenvalue weighted by Crippen LogP contribution is 2.38.